The van der Waals surface area contributed by atoms with Gasteiger partial charge in [0.05, 0.1) is 17.1 Å². The van der Waals surface area contributed by atoms with Gasteiger partial charge in [-0.1, -0.05) is 19.1 Å². The molecule has 0 aliphatic carbocycles. The van der Waals surface area contributed by atoms with Gasteiger partial charge < -0.3 is 10.0 Å². The third kappa shape index (κ3) is 3.58. The summed E-state index contributed by atoms with van der Waals surface area (Å²) in [6.07, 6.45) is 0.966. The number of fused-ring (bicyclic) bond motifs is 1. The molecule has 1 aromatic heterocycles. The molecule has 1 unspecified atom stereocenters. The van der Waals surface area contributed by atoms with Crippen LogP contribution in [0.2, 0.25) is 0 Å². The Labute approximate surface area is 124 Å². The maximum absolute atomic E-state index is 11.1. The second kappa shape index (κ2) is 6.22. The highest BCUT2D eigenvalue weighted by atomic mass is 16.4. The minimum Gasteiger partial charge on any atom is -0.478 e. The average molecular weight is 290 g/mol. The second-order valence-electron chi connectivity index (χ2n) is 6.09. The monoisotopic (exact) mass is 290 g/mol. The highest BCUT2D eigenvalue weighted by Crippen LogP contribution is 2.23. The van der Waals surface area contributed by atoms with Crippen LogP contribution in [0.15, 0.2) is 18.2 Å². The van der Waals surface area contributed by atoms with E-state index in [1.165, 1.54) is 0 Å². The summed E-state index contributed by atoms with van der Waals surface area (Å²) >= 11 is 0. The summed E-state index contributed by atoms with van der Waals surface area (Å²) in [5, 5.41) is 17.5. The molecule has 1 heterocycles. The number of benzene rings is 1. The predicted octanol–water partition coefficient (Wildman–Crippen LogP) is 2.28. The number of likely N-dealkylation sites (N-methyl/N-ethyl adjacent to an activating group) is 1. The van der Waals surface area contributed by atoms with Gasteiger partial charge in [0.1, 0.15) is 5.52 Å². The zero-order chi connectivity index (χ0) is 15.6. The van der Waals surface area contributed by atoms with Gasteiger partial charge >= 0.3 is 5.97 Å². The van der Waals surface area contributed by atoms with Gasteiger partial charge in [-0.3, -0.25) is 0 Å². The molecule has 0 bridgehead atoms. The van der Waals surface area contributed by atoms with Crippen molar-refractivity contribution in [3.63, 3.8) is 0 Å². The number of hydrogen-bond acceptors (Lipinski definition) is 4. The van der Waals surface area contributed by atoms with Crippen molar-refractivity contribution < 1.29 is 9.90 Å². The molecule has 6 nitrogen and oxygen atoms in total. The Morgan fingerprint density at radius 3 is 2.67 bits per heavy atom. The van der Waals surface area contributed by atoms with Crippen molar-refractivity contribution in [2.24, 2.45) is 5.92 Å². The molecule has 2 aromatic rings. The summed E-state index contributed by atoms with van der Waals surface area (Å²) < 4.78 is 1.86. The summed E-state index contributed by atoms with van der Waals surface area (Å²) in [5.41, 5.74) is 1.77. The summed E-state index contributed by atoms with van der Waals surface area (Å²) in [5.74, 6) is -0.408. The molecule has 21 heavy (non-hydrogen) atoms. The maximum atomic E-state index is 11.1. The number of aromatic carboxylic acids is 1. The Morgan fingerprint density at radius 1 is 1.38 bits per heavy atom. The van der Waals surface area contributed by atoms with Crippen LogP contribution in [0.3, 0.4) is 0 Å². The number of rotatable bonds is 6. The Kier molecular flexibility index (Phi) is 4.57. The molecule has 114 valence electrons. The molecular formula is C15H22N4O2. The smallest absolute Gasteiger partial charge is 0.335 e. The van der Waals surface area contributed by atoms with Crippen molar-refractivity contribution in [3.8, 4) is 0 Å². The van der Waals surface area contributed by atoms with Crippen molar-refractivity contribution in [2.75, 3.05) is 20.6 Å². The lowest BCUT2D eigenvalue weighted by atomic mass is 10.0. The van der Waals surface area contributed by atoms with Gasteiger partial charge in [0.15, 0.2) is 0 Å². The third-order valence-corrected chi connectivity index (χ3v) is 3.38. The molecule has 0 fully saturated rings. The van der Waals surface area contributed by atoms with E-state index < -0.39 is 5.97 Å². The zero-order valence-electron chi connectivity index (χ0n) is 12.9. The van der Waals surface area contributed by atoms with E-state index in [1.54, 1.807) is 18.2 Å². The molecule has 1 N–H and O–H groups in total. The normalized spacial score (nSPS) is 13.2. The highest BCUT2D eigenvalue weighted by Gasteiger charge is 2.19. The fourth-order valence-corrected chi connectivity index (χ4v) is 2.56. The van der Waals surface area contributed by atoms with Gasteiger partial charge in [-0.15, -0.1) is 5.10 Å². The van der Waals surface area contributed by atoms with Crippen LogP contribution in [0, 0.1) is 5.92 Å². The Balaban J connectivity index is 2.45. The Morgan fingerprint density at radius 2 is 2.10 bits per heavy atom. The fraction of sp³-hybridized carbons (Fsp3) is 0.533. The topological polar surface area (TPSA) is 71.2 Å². The van der Waals surface area contributed by atoms with Gasteiger partial charge in [-0.25, -0.2) is 9.48 Å². The van der Waals surface area contributed by atoms with E-state index in [4.69, 9.17) is 5.11 Å². The summed E-state index contributed by atoms with van der Waals surface area (Å²) in [4.78, 5) is 13.3. The van der Waals surface area contributed by atoms with Crippen molar-refractivity contribution >= 4 is 17.0 Å². The number of nitrogens with zero attached hydrogens (tertiary/aromatic N) is 4. The molecule has 2 rings (SSSR count). The van der Waals surface area contributed by atoms with Crippen LogP contribution in [0.1, 0.15) is 36.7 Å². The largest absolute Gasteiger partial charge is 0.478 e. The lowest BCUT2D eigenvalue weighted by molar-refractivity contribution is 0.0697. The Hall–Kier alpha value is -1.95. The van der Waals surface area contributed by atoms with E-state index in [0.717, 1.165) is 24.0 Å². The summed E-state index contributed by atoms with van der Waals surface area (Å²) in [7, 11) is 4.05. The standard InChI is InChI=1S/C15H22N4O2/c1-10(2)7-12(9-18(3)4)19-14-8-11(15(20)21)5-6-13(14)16-17-19/h5-6,8,10,12H,7,9H2,1-4H3,(H,20,21). The van der Waals surface area contributed by atoms with E-state index in [1.807, 2.05) is 18.8 Å². The highest BCUT2D eigenvalue weighted by molar-refractivity contribution is 5.92. The summed E-state index contributed by atoms with van der Waals surface area (Å²) in [6.45, 7) is 5.18. The Bertz CT molecular complexity index is 624. The van der Waals surface area contributed by atoms with Crippen molar-refractivity contribution in [1.82, 2.24) is 19.9 Å². The molecule has 0 aliphatic rings. The van der Waals surface area contributed by atoms with Crippen LogP contribution >= 0.6 is 0 Å². The molecule has 0 spiro atoms. The van der Waals surface area contributed by atoms with Gasteiger partial charge in [-0.2, -0.15) is 0 Å². The van der Waals surface area contributed by atoms with Gasteiger partial charge in [0.2, 0.25) is 0 Å². The third-order valence-electron chi connectivity index (χ3n) is 3.38. The van der Waals surface area contributed by atoms with Crippen LogP contribution in [0.25, 0.3) is 11.0 Å². The second-order valence-corrected chi connectivity index (χ2v) is 6.09. The van der Waals surface area contributed by atoms with Crippen molar-refractivity contribution in [1.29, 1.82) is 0 Å². The van der Waals surface area contributed by atoms with Crippen molar-refractivity contribution in [3.05, 3.63) is 23.8 Å². The zero-order valence-corrected chi connectivity index (χ0v) is 12.9. The van der Waals surface area contributed by atoms with Crippen LogP contribution in [0.5, 0.6) is 0 Å². The van der Waals surface area contributed by atoms with Gasteiger partial charge in [-0.05, 0) is 44.6 Å². The lowest BCUT2D eigenvalue weighted by Gasteiger charge is -2.23. The van der Waals surface area contributed by atoms with E-state index in [-0.39, 0.29) is 11.6 Å². The average Bonchev–Trinajstić information content (AvgIpc) is 2.79. The molecule has 1 atom stereocenters. The first-order valence-corrected chi connectivity index (χ1v) is 7.11. The van der Waals surface area contributed by atoms with Gasteiger partial charge in [0, 0.05) is 6.54 Å². The minimum absolute atomic E-state index is 0.175. The quantitative estimate of drug-likeness (QED) is 0.883. The first-order chi connectivity index (χ1) is 9.88. The lowest BCUT2D eigenvalue weighted by Crippen LogP contribution is -2.26. The van der Waals surface area contributed by atoms with Crippen LogP contribution < -0.4 is 0 Å². The maximum Gasteiger partial charge on any atom is 0.335 e. The van der Waals surface area contributed by atoms with Crippen molar-refractivity contribution in [2.45, 2.75) is 26.3 Å². The molecule has 0 saturated carbocycles. The molecule has 0 radical (unpaired) electrons. The van der Waals surface area contributed by atoms with Crippen LogP contribution in [0.4, 0.5) is 0 Å². The molecule has 0 saturated heterocycles. The van der Waals surface area contributed by atoms with E-state index in [0.29, 0.717) is 5.92 Å². The first-order valence-electron chi connectivity index (χ1n) is 7.11. The summed E-state index contributed by atoms with van der Waals surface area (Å²) in [6, 6.07) is 5.10. The SMILES string of the molecule is CC(C)CC(CN(C)C)n1nnc2ccc(C(=O)O)cc21. The molecule has 0 aliphatic heterocycles. The van der Waals surface area contributed by atoms with E-state index >= 15 is 0 Å². The van der Waals surface area contributed by atoms with E-state index in [2.05, 4.69) is 29.1 Å². The number of aromatic nitrogens is 3. The first kappa shape index (κ1) is 15.4. The molecule has 6 heteroatoms. The molecule has 0 amide bonds. The van der Waals surface area contributed by atoms with E-state index in [9.17, 15) is 4.79 Å². The molecule has 1 aromatic carbocycles. The minimum atomic E-state index is -0.933. The molecular weight excluding hydrogens is 268 g/mol. The van der Waals surface area contributed by atoms with Crippen LogP contribution in [-0.2, 0) is 0 Å². The number of carbonyl (C=O) groups is 1. The predicted molar refractivity (Wildman–Crippen MR) is 81.5 cm³/mol. The van der Waals surface area contributed by atoms with Gasteiger partial charge in [0.25, 0.3) is 0 Å². The number of carboxylic acid groups (broad SMARTS) is 1. The number of hydrogen-bond donors (Lipinski definition) is 1. The number of carboxylic acids is 1. The van der Waals surface area contributed by atoms with Crippen LogP contribution in [-0.4, -0.2) is 51.6 Å². The fourth-order valence-electron chi connectivity index (χ4n) is 2.56.